The minimum Gasteiger partial charge on any atom is -0.493 e. The molecule has 0 amide bonds. The lowest BCUT2D eigenvalue weighted by atomic mass is 10.2. The van der Waals surface area contributed by atoms with Gasteiger partial charge in [-0.15, -0.1) is 0 Å². The van der Waals surface area contributed by atoms with Crippen LogP contribution < -0.4 is 4.74 Å². The maximum Gasteiger partial charge on any atom is 0.160 e. The Morgan fingerprint density at radius 3 is 2.76 bits per heavy atom. The minimum atomic E-state index is -0.148. The Morgan fingerprint density at radius 2 is 2.00 bits per heavy atom. The van der Waals surface area contributed by atoms with Crippen molar-refractivity contribution in [2.75, 3.05) is 19.8 Å². The summed E-state index contributed by atoms with van der Waals surface area (Å²) in [4.78, 5) is 0. The molecule has 4 nitrogen and oxygen atoms in total. The van der Waals surface area contributed by atoms with Gasteiger partial charge >= 0.3 is 0 Å². The maximum atomic E-state index is 9.14. The summed E-state index contributed by atoms with van der Waals surface area (Å²) in [6.45, 7) is 2.05. The molecule has 0 spiro atoms. The second-order valence-electron chi connectivity index (χ2n) is 3.93. The summed E-state index contributed by atoms with van der Waals surface area (Å²) in [5, 5.41) is 9.14. The van der Waals surface area contributed by atoms with E-state index >= 15 is 0 Å². The fourth-order valence-corrected chi connectivity index (χ4v) is 1.74. The van der Waals surface area contributed by atoms with Gasteiger partial charge in [-0.05, 0) is 12.5 Å². The van der Waals surface area contributed by atoms with Gasteiger partial charge in [-0.2, -0.15) is 0 Å². The third-order valence-corrected chi connectivity index (χ3v) is 2.65. The van der Waals surface area contributed by atoms with Gasteiger partial charge in [0, 0.05) is 12.0 Å². The quantitative estimate of drug-likeness (QED) is 0.848. The molecule has 1 fully saturated rings. The highest BCUT2D eigenvalue weighted by atomic mass is 16.7. The summed E-state index contributed by atoms with van der Waals surface area (Å²) in [5.41, 5.74) is 0.804. The summed E-state index contributed by atoms with van der Waals surface area (Å²) < 4.78 is 16.5. The second-order valence-corrected chi connectivity index (χ2v) is 3.93. The van der Waals surface area contributed by atoms with Crippen LogP contribution in [0.1, 0.15) is 18.4 Å². The lowest BCUT2D eigenvalue weighted by Gasteiger charge is -2.23. The van der Waals surface area contributed by atoms with Crippen LogP contribution in [-0.2, 0) is 16.1 Å². The molecule has 0 radical (unpaired) electrons. The fraction of sp³-hybridized carbons (Fsp3) is 0.538. The highest BCUT2D eigenvalue weighted by Crippen LogP contribution is 2.18. The van der Waals surface area contributed by atoms with Crippen LogP contribution in [0.15, 0.2) is 24.3 Å². The lowest BCUT2D eigenvalue weighted by Crippen LogP contribution is -2.26. The van der Waals surface area contributed by atoms with E-state index in [-0.39, 0.29) is 12.9 Å². The third kappa shape index (κ3) is 3.70. The molecule has 1 saturated heterocycles. The van der Waals surface area contributed by atoms with Gasteiger partial charge in [-0.25, -0.2) is 0 Å². The van der Waals surface area contributed by atoms with Crippen LogP contribution >= 0.6 is 0 Å². The Kier molecular flexibility index (Phi) is 4.79. The van der Waals surface area contributed by atoms with Crippen LogP contribution in [-0.4, -0.2) is 31.2 Å². The molecule has 0 atom stereocenters. The van der Waals surface area contributed by atoms with E-state index in [1.54, 1.807) is 0 Å². The molecule has 1 aromatic rings. The van der Waals surface area contributed by atoms with Crippen LogP contribution in [0.5, 0.6) is 5.75 Å². The Hall–Kier alpha value is -1.10. The molecule has 0 aliphatic carbocycles. The van der Waals surface area contributed by atoms with Gasteiger partial charge in [0.15, 0.2) is 6.29 Å². The van der Waals surface area contributed by atoms with E-state index in [1.165, 1.54) is 0 Å². The Bertz CT molecular complexity index is 334. The van der Waals surface area contributed by atoms with E-state index < -0.39 is 0 Å². The number of para-hydroxylation sites is 1. The van der Waals surface area contributed by atoms with Crippen molar-refractivity contribution in [3.63, 3.8) is 0 Å². The monoisotopic (exact) mass is 238 g/mol. The van der Waals surface area contributed by atoms with E-state index in [9.17, 15) is 0 Å². The predicted octanol–water partition coefficient (Wildman–Crippen LogP) is 1.71. The molecule has 1 aromatic carbocycles. The Balaban J connectivity index is 1.77. The molecular weight excluding hydrogens is 220 g/mol. The number of benzene rings is 1. The van der Waals surface area contributed by atoms with Crippen LogP contribution in [0, 0.1) is 0 Å². The summed E-state index contributed by atoms with van der Waals surface area (Å²) in [5.74, 6) is 0.728. The molecule has 1 heterocycles. The zero-order chi connectivity index (χ0) is 11.9. The molecule has 1 N–H and O–H groups in total. The summed E-state index contributed by atoms with van der Waals surface area (Å²) in [7, 11) is 0. The molecule has 4 heteroatoms. The van der Waals surface area contributed by atoms with Crippen molar-refractivity contribution in [3.05, 3.63) is 29.8 Å². The average Bonchev–Trinajstić information content (AvgIpc) is 2.40. The normalized spacial score (nSPS) is 17.0. The van der Waals surface area contributed by atoms with Crippen LogP contribution in [0.4, 0.5) is 0 Å². The van der Waals surface area contributed by atoms with Crippen molar-refractivity contribution in [1.29, 1.82) is 0 Å². The molecule has 1 aliphatic heterocycles. The fourth-order valence-electron chi connectivity index (χ4n) is 1.74. The van der Waals surface area contributed by atoms with Crippen molar-refractivity contribution in [1.82, 2.24) is 0 Å². The first-order valence-corrected chi connectivity index (χ1v) is 5.95. The highest BCUT2D eigenvalue weighted by Gasteiger charge is 2.14. The SMILES string of the molecule is OCc1ccccc1OCCC1OCCCO1. The number of aliphatic hydroxyl groups excluding tert-OH is 1. The first kappa shape index (κ1) is 12.4. The summed E-state index contributed by atoms with van der Waals surface area (Å²) in [6.07, 6.45) is 1.52. The largest absolute Gasteiger partial charge is 0.493 e. The number of hydrogen-bond acceptors (Lipinski definition) is 4. The van der Waals surface area contributed by atoms with Crippen molar-refractivity contribution in [3.8, 4) is 5.75 Å². The smallest absolute Gasteiger partial charge is 0.160 e. The van der Waals surface area contributed by atoms with E-state index in [1.807, 2.05) is 24.3 Å². The van der Waals surface area contributed by atoms with Crippen LogP contribution in [0.2, 0.25) is 0 Å². The zero-order valence-corrected chi connectivity index (χ0v) is 9.80. The zero-order valence-electron chi connectivity index (χ0n) is 9.80. The number of aliphatic hydroxyl groups is 1. The lowest BCUT2D eigenvalue weighted by molar-refractivity contribution is -0.183. The first-order valence-electron chi connectivity index (χ1n) is 5.95. The van der Waals surface area contributed by atoms with Gasteiger partial charge in [0.05, 0.1) is 26.4 Å². The Labute approximate surface area is 101 Å². The molecule has 0 bridgehead atoms. The standard InChI is InChI=1S/C13H18O4/c14-10-11-4-1-2-5-12(11)15-9-6-13-16-7-3-8-17-13/h1-2,4-5,13-14H,3,6-10H2. The molecular formula is C13H18O4. The molecule has 1 aliphatic rings. The van der Waals surface area contributed by atoms with Crippen molar-refractivity contribution in [2.45, 2.75) is 25.7 Å². The number of hydrogen-bond donors (Lipinski definition) is 1. The molecule has 0 saturated carbocycles. The Morgan fingerprint density at radius 1 is 1.24 bits per heavy atom. The summed E-state index contributed by atoms with van der Waals surface area (Å²) >= 11 is 0. The first-order chi connectivity index (χ1) is 8.40. The average molecular weight is 238 g/mol. The van der Waals surface area contributed by atoms with Crippen molar-refractivity contribution < 1.29 is 19.3 Å². The molecule has 94 valence electrons. The van der Waals surface area contributed by atoms with E-state index in [0.717, 1.165) is 30.9 Å². The van der Waals surface area contributed by atoms with Gasteiger partial charge in [0.25, 0.3) is 0 Å². The third-order valence-electron chi connectivity index (χ3n) is 2.65. The van der Waals surface area contributed by atoms with Crippen LogP contribution in [0.3, 0.4) is 0 Å². The van der Waals surface area contributed by atoms with Gasteiger partial charge in [0.1, 0.15) is 5.75 Å². The maximum absolute atomic E-state index is 9.14. The van der Waals surface area contributed by atoms with Crippen molar-refractivity contribution in [2.24, 2.45) is 0 Å². The topological polar surface area (TPSA) is 47.9 Å². The predicted molar refractivity (Wildman–Crippen MR) is 62.8 cm³/mol. The second kappa shape index (κ2) is 6.59. The highest BCUT2D eigenvalue weighted by molar-refractivity contribution is 5.32. The van der Waals surface area contributed by atoms with Crippen molar-refractivity contribution >= 4 is 0 Å². The van der Waals surface area contributed by atoms with Gasteiger partial charge in [-0.1, -0.05) is 18.2 Å². The van der Waals surface area contributed by atoms with E-state index in [2.05, 4.69) is 0 Å². The van der Waals surface area contributed by atoms with Gasteiger partial charge in [-0.3, -0.25) is 0 Å². The van der Waals surface area contributed by atoms with E-state index in [0.29, 0.717) is 13.0 Å². The van der Waals surface area contributed by atoms with Gasteiger partial charge in [0.2, 0.25) is 0 Å². The van der Waals surface area contributed by atoms with E-state index in [4.69, 9.17) is 19.3 Å². The van der Waals surface area contributed by atoms with Gasteiger partial charge < -0.3 is 19.3 Å². The molecule has 0 aromatic heterocycles. The summed E-state index contributed by atoms with van der Waals surface area (Å²) in [6, 6.07) is 7.48. The molecule has 17 heavy (non-hydrogen) atoms. The molecule has 0 unspecified atom stereocenters. The molecule has 2 rings (SSSR count). The number of rotatable bonds is 5. The minimum absolute atomic E-state index is 0.00734. The number of ether oxygens (including phenoxy) is 3. The van der Waals surface area contributed by atoms with Crippen LogP contribution in [0.25, 0.3) is 0 Å².